The Balaban J connectivity index is 1.55. The number of sulfonamides is 1. The van der Waals surface area contributed by atoms with Crippen LogP contribution in [0, 0.1) is 26.2 Å². The molecule has 38 heavy (non-hydrogen) atoms. The fraction of sp³-hybridized carbons (Fsp3) is 0.640. The van der Waals surface area contributed by atoms with Gasteiger partial charge in [-0.15, -0.1) is 0 Å². The number of amides is 2. The average molecular weight is 553 g/mol. The topological polar surface area (TPSA) is 164 Å². The Morgan fingerprint density at radius 2 is 1.74 bits per heavy atom. The molecule has 212 valence electrons. The van der Waals surface area contributed by atoms with Crippen LogP contribution in [0.4, 0.5) is 4.79 Å². The predicted molar refractivity (Wildman–Crippen MR) is 143 cm³/mol. The van der Waals surface area contributed by atoms with Crippen LogP contribution in [0.3, 0.4) is 0 Å². The van der Waals surface area contributed by atoms with E-state index in [1.807, 2.05) is 27.8 Å². The Labute approximate surface area is 224 Å². The van der Waals surface area contributed by atoms with Gasteiger partial charge in [-0.2, -0.15) is 0 Å². The maximum atomic E-state index is 13.3. The summed E-state index contributed by atoms with van der Waals surface area (Å²) < 4.78 is 34.9. The Bertz CT molecular complexity index is 1210. The minimum atomic E-state index is -4.05. The fourth-order valence-corrected chi connectivity index (χ4v) is 6.42. The van der Waals surface area contributed by atoms with Gasteiger partial charge >= 0.3 is 12.0 Å². The second-order valence-electron chi connectivity index (χ2n) is 10.7. The van der Waals surface area contributed by atoms with Crippen molar-refractivity contribution < 1.29 is 27.9 Å². The largest absolute Gasteiger partial charge is 0.487 e. The predicted octanol–water partition coefficient (Wildman–Crippen LogP) is 1.32. The summed E-state index contributed by atoms with van der Waals surface area (Å²) in [6.45, 7) is 11.9. The molecule has 2 heterocycles. The molecular formula is C25H40N6O6S. The van der Waals surface area contributed by atoms with Crippen molar-refractivity contribution in [2.24, 2.45) is 0 Å². The van der Waals surface area contributed by atoms with Crippen molar-refractivity contribution in [2.75, 3.05) is 39.8 Å². The molecule has 1 unspecified atom stereocenters. The van der Waals surface area contributed by atoms with Crippen molar-refractivity contribution in [3.63, 3.8) is 0 Å². The van der Waals surface area contributed by atoms with E-state index in [0.717, 1.165) is 30.0 Å². The molecule has 1 fully saturated rings. The van der Waals surface area contributed by atoms with Gasteiger partial charge in [0.25, 0.3) is 10.0 Å². The standard InChI is InChI=1S/C25H40N6O6S/c1-15-16(2)21(17(3)18-14-25(4,5)37-20(15)18)38(35,36)29-23(26)27-9-7-8-19(22(32)33)28-24(34)31-12-10-30(6)11-13-31/h19H,7-14H2,1-6H3,(H,28,34)(H,32,33)(H3,26,27,29). The van der Waals surface area contributed by atoms with Crippen molar-refractivity contribution >= 4 is 28.0 Å². The van der Waals surface area contributed by atoms with Gasteiger partial charge in [-0.1, -0.05) is 0 Å². The van der Waals surface area contributed by atoms with Crippen LogP contribution >= 0.6 is 0 Å². The number of urea groups is 1. The number of piperazine rings is 1. The van der Waals surface area contributed by atoms with Gasteiger partial charge in [0.15, 0.2) is 0 Å². The molecule has 0 aliphatic carbocycles. The molecule has 0 aromatic heterocycles. The summed E-state index contributed by atoms with van der Waals surface area (Å²) in [5.74, 6) is -0.829. The van der Waals surface area contributed by atoms with Crippen LogP contribution in [0.5, 0.6) is 5.75 Å². The fourth-order valence-electron chi connectivity index (χ4n) is 4.90. The number of aliphatic carboxylic acids is 1. The van der Waals surface area contributed by atoms with Crippen LogP contribution < -0.4 is 20.1 Å². The highest BCUT2D eigenvalue weighted by Gasteiger charge is 2.36. The zero-order valence-electron chi connectivity index (χ0n) is 23.0. The van der Waals surface area contributed by atoms with Crippen molar-refractivity contribution in [3.8, 4) is 5.75 Å². The van der Waals surface area contributed by atoms with E-state index in [0.29, 0.717) is 37.1 Å². The molecule has 2 aliphatic heterocycles. The summed E-state index contributed by atoms with van der Waals surface area (Å²) in [6, 6.07) is -1.50. The van der Waals surface area contributed by atoms with Crippen molar-refractivity contribution in [3.05, 3.63) is 22.3 Å². The third-order valence-electron chi connectivity index (χ3n) is 7.15. The number of carboxylic acids is 1. The first-order chi connectivity index (χ1) is 17.6. The van der Waals surface area contributed by atoms with Crippen LogP contribution in [0.25, 0.3) is 0 Å². The van der Waals surface area contributed by atoms with Crippen LogP contribution in [0.2, 0.25) is 0 Å². The van der Waals surface area contributed by atoms with Crippen molar-refractivity contribution in [1.29, 1.82) is 5.41 Å². The molecule has 3 rings (SSSR count). The van der Waals surface area contributed by atoms with Crippen molar-refractivity contribution in [2.45, 2.75) is 70.4 Å². The van der Waals surface area contributed by atoms with Crippen molar-refractivity contribution in [1.82, 2.24) is 25.2 Å². The van der Waals surface area contributed by atoms with E-state index < -0.39 is 39.6 Å². The Hall–Kier alpha value is -3.06. The number of carboxylic acid groups (broad SMARTS) is 1. The summed E-state index contributed by atoms with van der Waals surface area (Å²) in [7, 11) is -2.09. The van der Waals surface area contributed by atoms with Crippen LogP contribution in [-0.2, 0) is 21.2 Å². The number of hydrogen-bond acceptors (Lipinski definition) is 7. The Kier molecular flexibility index (Phi) is 8.82. The normalized spacial score (nSPS) is 17.8. The highest BCUT2D eigenvalue weighted by atomic mass is 32.2. The molecule has 12 nitrogen and oxygen atoms in total. The number of rotatable bonds is 8. The quantitative estimate of drug-likeness (QED) is 0.183. The van der Waals surface area contributed by atoms with E-state index in [1.54, 1.807) is 18.7 Å². The average Bonchev–Trinajstić information content (AvgIpc) is 3.15. The van der Waals surface area contributed by atoms with Crippen LogP contribution in [0.15, 0.2) is 4.90 Å². The zero-order valence-corrected chi connectivity index (χ0v) is 23.8. The molecule has 0 bridgehead atoms. The molecule has 5 N–H and O–H groups in total. The third kappa shape index (κ3) is 6.68. The number of nitrogens with zero attached hydrogens (tertiary/aromatic N) is 2. The van der Waals surface area contributed by atoms with Crippen LogP contribution in [-0.4, -0.2) is 92.7 Å². The minimum absolute atomic E-state index is 0.125. The summed E-state index contributed by atoms with van der Waals surface area (Å²) in [5.41, 5.74) is 2.37. The molecule has 1 atom stereocenters. The van der Waals surface area contributed by atoms with E-state index in [2.05, 4.69) is 20.3 Å². The number of guanidine groups is 1. The number of nitrogens with one attached hydrogen (secondary N) is 4. The second kappa shape index (κ2) is 11.4. The van der Waals surface area contributed by atoms with Gasteiger partial charge in [-0.3, -0.25) is 5.41 Å². The monoisotopic (exact) mass is 552 g/mol. The number of hydrogen-bond donors (Lipinski definition) is 5. The molecule has 1 aromatic rings. The van der Waals surface area contributed by atoms with Gasteiger partial charge in [-0.25, -0.2) is 22.7 Å². The Morgan fingerprint density at radius 3 is 2.34 bits per heavy atom. The zero-order chi connectivity index (χ0) is 28.4. The van der Waals surface area contributed by atoms with E-state index in [-0.39, 0.29) is 17.9 Å². The Morgan fingerprint density at radius 1 is 1.11 bits per heavy atom. The van der Waals surface area contributed by atoms with Gasteiger partial charge in [0.1, 0.15) is 17.4 Å². The highest BCUT2D eigenvalue weighted by molar-refractivity contribution is 7.90. The number of benzene rings is 1. The minimum Gasteiger partial charge on any atom is -0.487 e. The summed E-state index contributed by atoms with van der Waals surface area (Å²) in [4.78, 5) is 27.9. The molecule has 0 radical (unpaired) electrons. The number of fused-ring (bicyclic) bond motifs is 1. The first-order valence-corrected chi connectivity index (χ1v) is 14.2. The molecule has 2 amide bonds. The smallest absolute Gasteiger partial charge is 0.326 e. The van der Waals surface area contributed by atoms with E-state index >= 15 is 0 Å². The lowest BCUT2D eigenvalue weighted by molar-refractivity contribution is -0.139. The lowest BCUT2D eigenvalue weighted by Gasteiger charge is -2.33. The first kappa shape index (κ1) is 29.5. The van der Waals surface area contributed by atoms with E-state index in [1.165, 1.54) is 0 Å². The highest BCUT2D eigenvalue weighted by Crippen LogP contribution is 2.43. The molecule has 1 saturated heterocycles. The van der Waals surface area contributed by atoms with E-state index in [9.17, 15) is 23.1 Å². The molecule has 13 heteroatoms. The number of carbonyl (C=O) groups is 2. The molecular weight excluding hydrogens is 512 g/mol. The molecule has 0 saturated carbocycles. The lowest BCUT2D eigenvalue weighted by atomic mass is 9.94. The molecule has 1 aromatic carbocycles. The van der Waals surface area contributed by atoms with Gasteiger partial charge in [0, 0.05) is 44.7 Å². The van der Waals surface area contributed by atoms with Gasteiger partial charge in [0.2, 0.25) is 5.96 Å². The number of likely N-dealkylation sites (N-methyl/N-ethyl adjacent to an activating group) is 1. The summed E-state index contributed by atoms with van der Waals surface area (Å²) >= 11 is 0. The summed E-state index contributed by atoms with van der Waals surface area (Å²) in [5, 5.41) is 22.9. The summed E-state index contributed by atoms with van der Waals surface area (Å²) in [6.07, 6.45) is 1.01. The lowest BCUT2D eigenvalue weighted by Crippen LogP contribution is -2.54. The maximum Gasteiger partial charge on any atom is 0.326 e. The maximum absolute atomic E-state index is 13.3. The number of carbonyl (C=O) groups excluding carboxylic acids is 1. The van der Waals surface area contributed by atoms with E-state index in [4.69, 9.17) is 10.1 Å². The second-order valence-corrected chi connectivity index (χ2v) is 12.3. The third-order valence-corrected chi connectivity index (χ3v) is 8.78. The molecule has 0 spiro atoms. The van der Waals surface area contributed by atoms with Gasteiger partial charge in [-0.05, 0) is 71.2 Å². The number of ether oxygens (including phenoxy) is 1. The first-order valence-electron chi connectivity index (χ1n) is 12.8. The van der Waals surface area contributed by atoms with Crippen LogP contribution in [0.1, 0.15) is 48.9 Å². The van der Waals surface area contributed by atoms with Gasteiger partial charge in [0.05, 0.1) is 4.90 Å². The SMILES string of the molecule is Cc1c(C)c(S(=O)(=O)NC(=N)NCCCC(NC(=O)N2CCN(C)CC2)C(=O)O)c(C)c2c1OC(C)(C)C2. The van der Waals surface area contributed by atoms with Gasteiger partial charge < -0.3 is 30.3 Å². The molecule has 2 aliphatic rings.